The topological polar surface area (TPSA) is 51.2 Å². The minimum Gasteiger partial charge on any atom is -0.492 e. The predicted molar refractivity (Wildman–Crippen MR) is 119 cm³/mol. The van der Waals surface area contributed by atoms with Gasteiger partial charge in [-0.05, 0) is 42.7 Å². The first-order valence-electron chi connectivity index (χ1n) is 11.4. The van der Waals surface area contributed by atoms with Crippen LogP contribution >= 0.6 is 0 Å². The highest BCUT2D eigenvalue weighted by molar-refractivity contribution is 5.94. The molecular weight excluding hydrogens is 411 g/mol. The van der Waals surface area contributed by atoms with Crippen molar-refractivity contribution in [1.82, 2.24) is 9.80 Å². The molecule has 2 aliphatic heterocycles. The Hall–Kier alpha value is -2.48. The van der Waals surface area contributed by atoms with Gasteiger partial charge in [-0.15, -0.1) is 0 Å². The number of hydrogen-bond donors (Lipinski definition) is 0. The van der Waals surface area contributed by atoms with E-state index >= 15 is 0 Å². The number of hydrogen-bond acceptors (Lipinski definition) is 5. The largest absolute Gasteiger partial charge is 0.492 e. The first kappa shape index (κ1) is 22.7. The molecule has 0 aliphatic carbocycles. The molecule has 0 unspecified atom stereocenters. The summed E-state index contributed by atoms with van der Waals surface area (Å²) in [5.41, 5.74) is 1.06. The Morgan fingerprint density at radius 1 is 1.09 bits per heavy atom. The van der Waals surface area contributed by atoms with Crippen LogP contribution in [0.4, 0.5) is 4.39 Å². The maximum atomic E-state index is 14.3. The molecule has 2 aromatic carbocycles. The third-order valence-electron chi connectivity index (χ3n) is 5.92. The number of halogens is 1. The summed E-state index contributed by atoms with van der Waals surface area (Å²) in [7, 11) is 0. The van der Waals surface area contributed by atoms with Crippen molar-refractivity contribution in [2.24, 2.45) is 0 Å². The van der Waals surface area contributed by atoms with Gasteiger partial charge in [0.25, 0.3) is 5.91 Å². The molecule has 2 heterocycles. The molecule has 0 radical (unpaired) electrons. The molecule has 7 heteroatoms. The van der Waals surface area contributed by atoms with Gasteiger partial charge < -0.3 is 19.1 Å². The molecule has 4 rings (SSSR count). The average molecular weight is 443 g/mol. The normalized spacial score (nSPS) is 19.1. The summed E-state index contributed by atoms with van der Waals surface area (Å²) < 4.78 is 31.2. The Balaban J connectivity index is 1.36. The van der Waals surface area contributed by atoms with Crippen LogP contribution in [0.15, 0.2) is 48.5 Å². The van der Waals surface area contributed by atoms with E-state index < -0.39 is 5.82 Å². The molecule has 0 saturated carbocycles. The highest BCUT2D eigenvalue weighted by atomic mass is 19.1. The number of benzene rings is 2. The van der Waals surface area contributed by atoms with E-state index in [1.54, 1.807) is 17.0 Å². The lowest BCUT2D eigenvalue weighted by Gasteiger charge is -2.26. The standard InChI is InChI=1S/C25H31FN2O4/c26-24-6-2-1-5-23(24)25(29)28(19-22-4-3-14-31-22)18-20-7-9-21(10-8-20)32-17-13-27-11-15-30-16-12-27/h1-2,5-10,22H,3-4,11-19H2/t22-/m1/s1. The van der Waals surface area contributed by atoms with Crippen molar-refractivity contribution < 1.29 is 23.4 Å². The van der Waals surface area contributed by atoms with Crippen LogP contribution in [0.3, 0.4) is 0 Å². The van der Waals surface area contributed by atoms with Gasteiger partial charge in [0.15, 0.2) is 0 Å². The molecule has 0 N–H and O–H groups in total. The highest BCUT2D eigenvalue weighted by Gasteiger charge is 2.25. The second-order valence-electron chi connectivity index (χ2n) is 8.25. The van der Waals surface area contributed by atoms with Crippen molar-refractivity contribution in [2.75, 3.05) is 52.6 Å². The highest BCUT2D eigenvalue weighted by Crippen LogP contribution is 2.20. The molecule has 2 fully saturated rings. The van der Waals surface area contributed by atoms with E-state index in [2.05, 4.69) is 4.90 Å². The Kier molecular flexibility index (Phi) is 8.09. The van der Waals surface area contributed by atoms with E-state index in [1.807, 2.05) is 24.3 Å². The summed E-state index contributed by atoms with van der Waals surface area (Å²) >= 11 is 0. The fraction of sp³-hybridized carbons (Fsp3) is 0.480. The molecule has 2 aliphatic rings. The minimum absolute atomic E-state index is 0.00600. The van der Waals surface area contributed by atoms with Crippen molar-refractivity contribution >= 4 is 5.91 Å². The second kappa shape index (κ2) is 11.4. The maximum Gasteiger partial charge on any atom is 0.257 e. The molecule has 0 aromatic heterocycles. The Morgan fingerprint density at radius 3 is 2.59 bits per heavy atom. The van der Waals surface area contributed by atoms with E-state index in [-0.39, 0.29) is 17.6 Å². The van der Waals surface area contributed by atoms with Gasteiger partial charge in [-0.25, -0.2) is 4.39 Å². The molecule has 2 aromatic rings. The van der Waals surface area contributed by atoms with Crippen molar-refractivity contribution in [1.29, 1.82) is 0 Å². The van der Waals surface area contributed by atoms with Crippen LogP contribution in [-0.2, 0) is 16.0 Å². The Labute approximate surface area is 188 Å². The number of carbonyl (C=O) groups excluding carboxylic acids is 1. The fourth-order valence-electron chi connectivity index (χ4n) is 4.09. The molecule has 1 atom stereocenters. The molecule has 0 bridgehead atoms. The lowest BCUT2D eigenvalue weighted by Crippen LogP contribution is -2.38. The van der Waals surface area contributed by atoms with Crippen LogP contribution in [0.1, 0.15) is 28.8 Å². The smallest absolute Gasteiger partial charge is 0.257 e. The summed E-state index contributed by atoms with van der Waals surface area (Å²) in [4.78, 5) is 17.1. The van der Waals surface area contributed by atoms with Crippen molar-refractivity contribution in [3.63, 3.8) is 0 Å². The third-order valence-corrected chi connectivity index (χ3v) is 5.92. The van der Waals surface area contributed by atoms with Gasteiger partial charge >= 0.3 is 0 Å². The number of carbonyl (C=O) groups is 1. The number of ether oxygens (including phenoxy) is 3. The van der Waals surface area contributed by atoms with Gasteiger partial charge in [0, 0.05) is 39.3 Å². The predicted octanol–water partition coefficient (Wildman–Crippen LogP) is 3.36. The van der Waals surface area contributed by atoms with Gasteiger partial charge in [-0.3, -0.25) is 9.69 Å². The Bertz CT molecular complexity index is 865. The number of rotatable bonds is 9. The van der Waals surface area contributed by atoms with Crippen LogP contribution in [0.5, 0.6) is 5.75 Å². The fourth-order valence-corrected chi connectivity index (χ4v) is 4.09. The molecule has 172 valence electrons. The van der Waals surface area contributed by atoms with Crippen molar-refractivity contribution in [3.05, 3.63) is 65.5 Å². The van der Waals surface area contributed by atoms with Crippen LogP contribution in [-0.4, -0.2) is 74.4 Å². The first-order chi connectivity index (χ1) is 15.7. The van der Waals surface area contributed by atoms with Gasteiger partial charge in [-0.2, -0.15) is 0 Å². The molecule has 1 amide bonds. The van der Waals surface area contributed by atoms with Gasteiger partial charge in [0.2, 0.25) is 0 Å². The zero-order chi connectivity index (χ0) is 22.2. The maximum absolute atomic E-state index is 14.3. The van der Waals surface area contributed by atoms with E-state index in [4.69, 9.17) is 14.2 Å². The lowest BCUT2D eigenvalue weighted by molar-refractivity contribution is 0.0322. The summed E-state index contributed by atoms with van der Waals surface area (Å²) in [6, 6.07) is 13.9. The number of nitrogens with zero attached hydrogens (tertiary/aromatic N) is 2. The summed E-state index contributed by atoms with van der Waals surface area (Å²) in [5, 5.41) is 0. The van der Waals surface area contributed by atoms with Gasteiger partial charge in [-0.1, -0.05) is 24.3 Å². The zero-order valence-electron chi connectivity index (χ0n) is 18.4. The quantitative estimate of drug-likeness (QED) is 0.596. The molecular formula is C25H31FN2O4. The molecule has 32 heavy (non-hydrogen) atoms. The van der Waals surface area contributed by atoms with Crippen LogP contribution in [0.2, 0.25) is 0 Å². The molecule has 0 spiro atoms. The van der Waals surface area contributed by atoms with E-state index in [1.165, 1.54) is 12.1 Å². The molecule has 2 saturated heterocycles. The lowest BCUT2D eigenvalue weighted by atomic mass is 10.1. The first-order valence-corrected chi connectivity index (χ1v) is 11.4. The summed E-state index contributed by atoms with van der Waals surface area (Å²) in [6.45, 7) is 6.49. The minimum atomic E-state index is -0.501. The number of amides is 1. The van der Waals surface area contributed by atoms with Crippen LogP contribution in [0.25, 0.3) is 0 Å². The van der Waals surface area contributed by atoms with Gasteiger partial charge in [0.05, 0.1) is 24.9 Å². The molecule has 6 nitrogen and oxygen atoms in total. The third kappa shape index (κ3) is 6.28. The monoisotopic (exact) mass is 442 g/mol. The van der Waals surface area contributed by atoms with E-state index in [9.17, 15) is 9.18 Å². The second-order valence-corrected chi connectivity index (χ2v) is 8.25. The average Bonchev–Trinajstić information content (AvgIpc) is 3.34. The zero-order valence-corrected chi connectivity index (χ0v) is 18.4. The van der Waals surface area contributed by atoms with Gasteiger partial charge in [0.1, 0.15) is 18.2 Å². The van der Waals surface area contributed by atoms with E-state index in [0.717, 1.165) is 57.0 Å². The van der Waals surface area contributed by atoms with Crippen LogP contribution < -0.4 is 4.74 Å². The SMILES string of the molecule is O=C(c1ccccc1F)N(Cc1ccc(OCCN2CCOCC2)cc1)C[C@H]1CCCO1. The number of morpholine rings is 1. The Morgan fingerprint density at radius 2 is 1.88 bits per heavy atom. The van der Waals surface area contributed by atoms with E-state index in [0.29, 0.717) is 26.3 Å². The van der Waals surface area contributed by atoms with Crippen molar-refractivity contribution in [3.8, 4) is 5.75 Å². The van der Waals surface area contributed by atoms with Crippen LogP contribution in [0, 0.1) is 5.82 Å². The summed E-state index contributed by atoms with van der Waals surface area (Å²) in [6.07, 6.45) is 1.90. The van der Waals surface area contributed by atoms with Crippen molar-refractivity contribution in [2.45, 2.75) is 25.5 Å². The summed E-state index contributed by atoms with van der Waals surface area (Å²) in [5.74, 6) is -0.0172.